The first kappa shape index (κ1) is 10.4. The Morgan fingerprint density at radius 2 is 2.36 bits per heavy atom. The van der Waals surface area contributed by atoms with Crippen molar-refractivity contribution < 1.29 is 9.53 Å². The zero-order valence-electron chi connectivity index (χ0n) is 7.09. The number of primary amides is 1. The molecule has 0 aromatic rings. The second kappa shape index (κ2) is 6.12. The summed E-state index contributed by atoms with van der Waals surface area (Å²) in [6, 6.07) is 0. The third-order valence-corrected chi connectivity index (χ3v) is 1.42. The number of nitrogens with two attached hydrogens (primary N) is 1. The second-order valence-corrected chi connectivity index (χ2v) is 2.50. The lowest BCUT2D eigenvalue weighted by molar-refractivity contribution is -0.121. The van der Waals surface area contributed by atoms with Gasteiger partial charge in [-0.05, 0) is 0 Å². The number of rotatable bonds is 6. The SMILES string of the molecule is COCCNCC(C)C(N)=O. The normalized spacial score (nSPS) is 12.9. The van der Waals surface area contributed by atoms with Crippen LogP contribution in [0.3, 0.4) is 0 Å². The zero-order valence-corrected chi connectivity index (χ0v) is 7.09. The molecule has 0 bridgehead atoms. The molecule has 0 saturated heterocycles. The van der Waals surface area contributed by atoms with Gasteiger partial charge in [0, 0.05) is 26.1 Å². The molecule has 1 atom stereocenters. The maximum absolute atomic E-state index is 10.5. The van der Waals surface area contributed by atoms with Gasteiger partial charge >= 0.3 is 0 Å². The third-order valence-electron chi connectivity index (χ3n) is 1.42. The van der Waals surface area contributed by atoms with E-state index in [1.807, 2.05) is 0 Å². The molecular weight excluding hydrogens is 144 g/mol. The first-order chi connectivity index (χ1) is 5.18. The smallest absolute Gasteiger partial charge is 0.221 e. The highest BCUT2D eigenvalue weighted by atomic mass is 16.5. The van der Waals surface area contributed by atoms with E-state index in [9.17, 15) is 4.79 Å². The molecule has 3 N–H and O–H groups in total. The highest BCUT2D eigenvalue weighted by Gasteiger charge is 2.06. The molecule has 0 radical (unpaired) electrons. The highest BCUT2D eigenvalue weighted by Crippen LogP contribution is 1.88. The molecule has 66 valence electrons. The summed E-state index contributed by atoms with van der Waals surface area (Å²) in [5, 5.41) is 3.04. The quantitative estimate of drug-likeness (QED) is 0.507. The van der Waals surface area contributed by atoms with Crippen LogP contribution in [0.15, 0.2) is 0 Å². The Morgan fingerprint density at radius 3 is 2.82 bits per heavy atom. The summed E-state index contributed by atoms with van der Waals surface area (Å²) >= 11 is 0. The number of methoxy groups -OCH3 is 1. The van der Waals surface area contributed by atoms with E-state index >= 15 is 0 Å². The summed E-state index contributed by atoms with van der Waals surface area (Å²) in [7, 11) is 1.64. The highest BCUT2D eigenvalue weighted by molar-refractivity contribution is 5.76. The number of amides is 1. The molecule has 0 heterocycles. The lowest BCUT2D eigenvalue weighted by atomic mass is 10.2. The van der Waals surface area contributed by atoms with Gasteiger partial charge in [0.2, 0.25) is 5.91 Å². The third kappa shape index (κ3) is 5.82. The van der Waals surface area contributed by atoms with Crippen LogP contribution in [0, 0.1) is 5.92 Å². The zero-order chi connectivity index (χ0) is 8.69. The monoisotopic (exact) mass is 160 g/mol. The lowest BCUT2D eigenvalue weighted by Gasteiger charge is -2.07. The van der Waals surface area contributed by atoms with Gasteiger partial charge in [-0.3, -0.25) is 4.79 Å². The van der Waals surface area contributed by atoms with Gasteiger partial charge in [-0.25, -0.2) is 0 Å². The van der Waals surface area contributed by atoms with Crippen LogP contribution in [0.1, 0.15) is 6.92 Å². The summed E-state index contributed by atoms with van der Waals surface area (Å²) in [6.45, 7) is 3.83. The summed E-state index contributed by atoms with van der Waals surface area (Å²) < 4.78 is 4.81. The van der Waals surface area contributed by atoms with Gasteiger partial charge in [0.1, 0.15) is 0 Å². The van der Waals surface area contributed by atoms with Crippen LogP contribution >= 0.6 is 0 Å². The van der Waals surface area contributed by atoms with E-state index in [1.165, 1.54) is 0 Å². The molecule has 4 heteroatoms. The lowest BCUT2D eigenvalue weighted by Crippen LogP contribution is -2.32. The van der Waals surface area contributed by atoms with Crippen molar-refractivity contribution in [1.82, 2.24) is 5.32 Å². The number of ether oxygens (including phenoxy) is 1. The molecule has 1 unspecified atom stereocenters. The Labute approximate surface area is 67.1 Å². The van der Waals surface area contributed by atoms with Gasteiger partial charge in [0.15, 0.2) is 0 Å². The minimum absolute atomic E-state index is 0.105. The molecule has 0 fully saturated rings. The summed E-state index contributed by atoms with van der Waals surface area (Å²) in [4.78, 5) is 10.5. The Bertz CT molecular complexity index is 117. The summed E-state index contributed by atoms with van der Waals surface area (Å²) in [5.74, 6) is -0.373. The molecular formula is C7H16N2O2. The predicted octanol–water partition coefficient (Wildman–Crippen LogP) is -0.656. The van der Waals surface area contributed by atoms with Crippen LogP contribution < -0.4 is 11.1 Å². The average molecular weight is 160 g/mol. The molecule has 0 aromatic carbocycles. The van der Waals surface area contributed by atoms with E-state index in [0.29, 0.717) is 13.2 Å². The minimum atomic E-state index is -0.269. The largest absolute Gasteiger partial charge is 0.383 e. The topological polar surface area (TPSA) is 64.3 Å². The number of carbonyl (C=O) groups excluding carboxylic acids is 1. The average Bonchev–Trinajstić information content (AvgIpc) is 1.97. The van der Waals surface area contributed by atoms with Gasteiger partial charge < -0.3 is 15.8 Å². The number of hydrogen-bond donors (Lipinski definition) is 2. The first-order valence-corrected chi connectivity index (χ1v) is 3.67. The maximum Gasteiger partial charge on any atom is 0.221 e. The predicted molar refractivity (Wildman–Crippen MR) is 43.1 cm³/mol. The molecule has 0 aliphatic carbocycles. The fourth-order valence-corrected chi connectivity index (χ4v) is 0.593. The number of hydrogen-bond acceptors (Lipinski definition) is 3. The van der Waals surface area contributed by atoms with Crippen LogP contribution in [-0.2, 0) is 9.53 Å². The van der Waals surface area contributed by atoms with Crippen molar-refractivity contribution in [3.8, 4) is 0 Å². The Morgan fingerprint density at radius 1 is 1.73 bits per heavy atom. The molecule has 11 heavy (non-hydrogen) atoms. The van der Waals surface area contributed by atoms with E-state index in [1.54, 1.807) is 14.0 Å². The number of carbonyl (C=O) groups is 1. The molecule has 1 amide bonds. The molecule has 0 aliphatic heterocycles. The molecule has 0 spiro atoms. The van der Waals surface area contributed by atoms with Gasteiger partial charge in [-0.1, -0.05) is 6.92 Å². The Kier molecular flexibility index (Phi) is 5.78. The van der Waals surface area contributed by atoms with Crippen molar-refractivity contribution >= 4 is 5.91 Å². The van der Waals surface area contributed by atoms with Crippen molar-refractivity contribution in [2.24, 2.45) is 11.7 Å². The Balaban J connectivity index is 3.17. The number of nitrogens with one attached hydrogen (secondary N) is 1. The first-order valence-electron chi connectivity index (χ1n) is 3.67. The second-order valence-electron chi connectivity index (χ2n) is 2.50. The molecule has 0 aliphatic rings. The molecule has 0 saturated carbocycles. The van der Waals surface area contributed by atoms with E-state index < -0.39 is 0 Å². The molecule has 4 nitrogen and oxygen atoms in total. The standard InChI is InChI=1S/C7H16N2O2/c1-6(7(8)10)5-9-3-4-11-2/h6,9H,3-5H2,1-2H3,(H2,8,10). The fraction of sp³-hybridized carbons (Fsp3) is 0.857. The van der Waals surface area contributed by atoms with Gasteiger partial charge in [0.25, 0.3) is 0 Å². The Hall–Kier alpha value is -0.610. The summed E-state index contributed by atoms with van der Waals surface area (Å²) in [5.41, 5.74) is 5.04. The van der Waals surface area contributed by atoms with E-state index in [2.05, 4.69) is 5.32 Å². The van der Waals surface area contributed by atoms with E-state index in [4.69, 9.17) is 10.5 Å². The molecule has 0 aromatic heterocycles. The van der Waals surface area contributed by atoms with E-state index in [0.717, 1.165) is 6.54 Å². The van der Waals surface area contributed by atoms with Gasteiger partial charge in [-0.15, -0.1) is 0 Å². The van der Waals surface area contributed by atoms with Gasteiger partial charge in [-0.2, -0.15) is 0 Å². The van der Waals surface area contributed by atoms with Crippen molar-refractivity contribution in [1.29, 1.82) is 0 Å². The molecule has 0 rings (SSSR count). The van der Waals surface area contributed by atoms with Crippen molar-refractivity contribution in [2.75, 3.05) is 26.8 Å². The maximum atomic E-state index is 10.5. The van der Waals surface area contributed by atoms with Gasteiger partial charge in [0.05, 0.1) is 6.61 Å². The summed E-state index contributed by atoms with van der Waals surface area (Å²) in [6.07, 6.45) is 0. The van der Waals surface area contributed by atoms with Crippen LogP contribution in [0.5, 0.6) is 0 Å². The van der Waals surface area contributed by atoms with Crippen LogP contribution in [0.2, 0.25) is 0 Å². The van der Waals surface area contributed by atoms with Crippen LogP contribution in [0.25, 0.3) is 0 Å². The van der Waals surface area contributed by atoms with Crippen molar-refractivity contribution in [2.45, 2.75) is 6.92 Å². The van der Waals surface area contributed by atoms with Crippen LogP contribution in [0.4, 0.5) is 0 Å². The van der Waals surface area contributed by atoms with Crippen molar-refractivity contribution in [3.05, 3.63) is 0 Å². The van der Waals surface area contributed by atoms with Crippen molar-refractivity contribution in [3.63, 3.8) is 0 Å². The minimum Gasteiger partial charge on any atom is -0.383 e. The van der Waals surface area contributed by atoms with Crippen LogP contribution in [-0.4, -0.2) is 32.7 Å². The van der Waals surface area contributed by atoms with E-state index in [-0.39, 0.29) is 11.8 Å². The fourth-order valence-electron chi connectivity index (χ4n) is 0.593.